The van der Waals surface area contributed by atoms with Crippen LogP contribution < -0.4 is 5.32 Å². The van der Waals surface area contributed by atoms with Crippen LogP contribution in [0.2, 0.25) is 0 Å². The molecule has 0 aromatic heterocycles. The van der Waals surface area contributed by atoms with Gasteiger partial charge < -0.3 is 29.2 Å². The summed E-state index contributed by atoms with van der Waals surface area (Å²) in [4.78, 5) is 39.3. The largest absolute Gasteiger partial charge is 0.468 e. The van der Waals surface area contributed by atoms with Gasteiger partial charge in [-0.2, -0.15) is 0 Å². The molecule has 39 heavy (non-hydrogen) atoms. The normalized spacial score (nSPS) is 12.7. The van der Waals surface area contributed by atoms with Crippen molar-refractivity contribution in [3.8, 4) is 0 Å². The van der Waals surface area contributed by atoms with Gasteiger partial charge in [0.25, 0.3) is 0 Å². The molecule has 0 bridgehead atoms. The van der Waals surface area contributed by atoms with Gasteiger partial charge >= 0.3 is 18.0 Å². The summed E-state index contributed by atoms with van der Waals surface area (Å²) in [6.45, 7) is 8.47. The fraction of sp³-hybridized carbons (Fsp3) is 0.500. The van der Waals surface area contributed by atoms with Crippen LogP contribution in [0, 0.1) is 0 Å². The fourth-order valence-corrected chi connectivity index (χ4v) is 3.73. The monoisotopic (exact) mass is 542 g/mol. The minimum absolute atomic E-state index is 0.00973. The van der Waals surface area contributed by atoms with E-state index < -0.39 is 35.7 Å². The standard InChI is InChI=1S/C30H42N2O7/c1-23(20-31-26(28(34)36-5)17-19-37-21-24-12-8-6-9-13-24)32(18-16-27(33)39-30(2,3)4)29(35)38-22-25-14-10-7-11-15-25/h6-15,23,26,31H,16-22H2,1-5H3/t23-,26+/m1/s1. The van der Waals surface area contributed by atoms with E-state index in [9.17, 15) is 14.4 Å². The highest BCUT2D eigenvalue weighted by Gasteiger charge is 2.26. The minimum atomic E-state index is -0.626. The van der Waals surface area contributed by atoms with Crippen molar-refractivity contribution in [1.29, 1.82) is 0 Å². The molecule has 0 saturated carbocycles. The lowest BCUT2D eigenvalue weighted by atomic mass is 10.2. The summed E-state index contributed by atoms with van der Waals surface area (Å²) < 4.78 is 21.6. The molecule has 1 N–H and O–H groups in total. The summed E-state index contributed by atoms with van der Waals surface area (Å²) in [5.74, 6) is -0.830. The van der Waals surface area contributed by atoms with Gasteiger partial charge in [0, 0.05) is 25.7 Å². The first-order chi connectivity index (χ1) is 18.6. The summed E-state index contributed by atoms with van der Waals surface area (Å²) in [6.07, 6.45) is -0.157. The highest BCUT2D eigenvalue weighted by molar-refractivity contribution is 5.75. The Labute approximate surface area is 231 Å². The number of hydrogen-bond acceptors (Lipinski definition) is 8. The third-order valence-electron chi connectivity index (χ3n) is 5.76. The summed E-state index contributed by atoms with van der Waals surface area (Å²) in [5.41, 5.74) is 1.27. The van der Waals surface area contributed by atoms with Crippen molar-refractivity contribution >= 4 is 18.0 Å². The van der Waals surface area contributed by atoms with Crippen molar-refractivity contribution in [3.63, 3.8) is 0 Å². The number of esters is 2. The molecule has 2 aromatic carbocycles. The molecule has 0 radical (unpaired) electrons. The zero-order chi connectivity index (χ0) is 28.7. The number of rotatable bonds is 15. The molecule has 9 nitrogen and oxygen atoms in total. The first-order valence-electron chi connectivity index (χ1n) is 13.2. The van der Waals surface area contributed by atoms with E-state index in [0.717, 1.165) is 11.1 Å². The van der Waals surface area contributed by atoms with E-state index in [1.807, 2.05) is 67.6 Å². The highest BCUT2D eigenvalue weighted by atomic mass is 16.6. The van der Waals surface area contributed by atoms with Gasteiger partial charge in [-0.3, -0.25) is 9.59 Å². The molecular formula is C30H42N2O7. The van der Waals surface area contributed by atoms with Crippen molar-refractivity contribution in [2.45, 2.75) is 71.4 Å². The van der Waals surface area contributed by atoms with Crippen molar-refractivity contribution in [3.05, 3.63) is 71.8 Å². The number of ether oxygens (including phenoxy) is 4. The second kappa shape index (κ2) is 16.5. The SMILES string of the molecule is COC(=O)[C@H](CCOCc1ccccc1)NC[C@@H](C)N(CCC(=O)OC(C)(C)C)C(=O)OCc1ccccc1. The Balaban J connectivity index is 1.97. The lowest BCUT2D eigenvalue weighted by Crippen LogP contribution is -2.49. The Hall–Kier alpha value is -3.43. The van der Waals surface area contributed by atoms with Crippen molar-refractivity contribution in [1.82, 2.24) is 10.2 Å². The number of benzene rings is 2. The number of amides is 1. The molecule has 2 atom stereocenters. The molecular weight excluding hydrogens is 500 g/mol. The quantitative estimate of drug-likeness (QED) is 0.200. The average molecular weight is 543 g/mol. The van der Waals surface area contributed by atoms with Crippen LogP contribution in [0.25, 0.3) is 0 Å². The lowest BCUT2D eigenvalue weighted by Gasteiger charge is -2.30. The van der Waals surface area contributed by atoms with E-state index in [1.165, 1.54) is 12.0 Å². The highest BCUT2D eigenvalue weighted by Crippen LogP contribution is 2.12. The topological polar surface area (TPSA) is 103 Å². The number of carbonyl (C=O) groups is 3. The van der Waals surface area contributed by atoms with Gasteiger partial charge in [0.15, 0.2) is 0 Å². The summed E-state index contributed by atoms with van der Waals surface area (Å²) in [5, 5.41) is 3.18. The summed E-state index contributed by atoms with van der Waals surface area (Å²) in [7, 11) is 1.33. The molecule has 0 unspecified atom stereocenters. The van der Waals surface area contributed by atoms with E-state index in [4.69, 9.17) is 18.9 Å². The number of methoxy groups -OCH3 is 1. The van der Waals surface area contributed by atoms with Crippen molar-refractivity contribution in [2.75, 3.05) is 26.8 Å². The number of carbonyl (C=O) groups excluding carboxylic acids is 3. The Morgan fingerprint density at radius 1 is 0.923 bits per heavy atom. The predicted molar refractivity (Wildman–Crippen MR) is 148 cm³/mol. The first-order valence-corrected chi connectivity index (χ1v) is 13.2. The molecule has 0 aliphatic carbocycles. The predicted octanol–water partition coefficient (Wildman–Crippen LogP) is 4.48. The van der Waals surface area contributed by atoms with E-state index in [2.05, 4.69) is 5.32 Å². The molecule has 214 valence electrons. The molecule has 0 fully saturated rings. The Kier molecular flexibility index (Phi) is 13.5. The maximum Gasteiger partial charge on any atom is 0.410 e. The third kappa shape index (κ3) is 12.8. The van der Waals surface area contributed by atoms with Gasteiger partial charge in [0.2, 0.25) is 0 Å². The van der Waals surface area contributed by atoms with Crippen LogP contribution in [-0.4, -0.2) is 67.4 Å². The van der Waals surface area contributed by atoms with Crippen LogP contribution in [0.1, 0.15) is 51.7 Å². The minimum Gasteiger partial charge on any atom is -0.468 e. The van der Waals surface area contributed by atoms with Crippen LogP contribution in [0.5, 0.6) is 0 Å². The number of nitrogens with zero attached hydrogens (tertiary/aromatic N) is 1. The third-order valence-corrected chi connectivity index (χ3v) is 5.76. The van der Waals surface area contributed by atoms with Crippen LogP contribution in [0.15, 0.2) is 60.7 Å². The lowest BCUT2D eigenvalue weighted by molar-refractivity contribution is -0.155. The van der Waals surface area contributed by atoms with Crippen LogP contribution in [-0.2, 0) is 41.8 Å². The molecule has 0 aliphatic rings. The first kappa shape index (κ1) is 31.8. The smallest absolute Gasteiger partial charge is 0.410 e. The van der Waals surface area contributed by atoms with Crippen LogP contribution in [0.3, 0.4) is 0 Å². The Morgan fingerprint density at radius 3 is 2.08 bits per heavy atom. The number of nitrogens with one attached hydrogen (secondary N) is 1. The molecule has 0 saturated heterocycles. The maximum absolute atomic E-state index is 13.0. The summed E-state index contributed by atoms with van der Waals surface area (Å²) >= 11 is 0. The van der Waals surface area contributed by atoms with Crippen molar-refractivity contribution in [2.24, 2.45) is 0 Å². The molecule has 2 aromatic rings. The summed E-state index contributed by atoms with van der Waals surface area (Å²) in [6, 6.07) is 18.1. The second-order valence-corrected chi connectivity index (χ2v) is 10.2. The fourth-order valence-electron chi connectivity index (χ4n) is 3.73. The number of hydrogen-bond donors (Lipinski definition) is 1. The van der Waals surface area contributed by atoms with Gasteiger partial charge in [-0.1, -0.05) is 60.7 Å². The Bertz CT molecular complexity index is 1010. The maximum atomic E-state index is 13.0. The van der Waals surface area contributed by atoms with Gasteiger partial charge in [0.05, 0.1) is 20.1 Å². The van der Waals surface area contributed by atoms with Gasteiger partial charge in [-0.15, -0.1) is 0 Å². The molecule has 2 rings (SSSR count). The Morgan fingerprint density at radius 2 is 1.51 bits per heavy atom. The van der Waals surface area contributed by atoms with Gasteiger partial charge in [0.1, 0.15) is 18.2 Å². The van der Waals surface area contributed by atoms with Gasteiger partial charge in [-0.25, -0.2) is 4.79 Å². The zero-order valence-electron chi connectivity index (χ0n) is 23.7. The molecule has 0 heterocycles. The van der Waals surface area contributed by atoms with E-state index in [-0.39, 0.29) is 26.1 Å². The van der Waals surface area contributed by atoms with E-state index in [1.54, 1.807) is 20.8 Å². The van der Waals surface area contributed by atoms with Gasteiger partial charge in [-0.05, 0) is 45.2 Å². The van der Waals surface area contributed by atoms with E-state index in [0.29, 0.717) is 19.6 Å². The molecule has 1 amide bonds. The van der Waals surface area contributed by atoms with Crippen molar-refractivity contribution < 1.29 is 33.3 Å². The van der Waals surface area contributed by atoms with Crippen LogP contribution >= 0.6 is 0 Å². The molecule has 0 spiro atoms. The second-order valence-electron chi connectivity index (χ2n) is 10.2. The molecule has 9 heteroatoms. The zero-order valence-corrected chi connectivity index (χ0v) is 23.7. The average Bonchev–Trinajstić information content (AvgIpc) is 2.91. The van der Waals surface area contributed by atoms with E-state index >= 15 is 0 Å². The molecule has 0 aliphatic heterocycles. The van der Waals surface area contributed by atoms with Crippen LogP contribution in [0.4, 0.5) is 4.79 Å².